The van der Waals surface area contributed by atoms with E-state index in [0.717, 1.165) is 6.42 Å². The second-order valence-electron chi connectivity index (χ2n) is 2.22. The molecule has 0 aliphatic carbocycles. The minimum absolute atomic E-state index is 0.240. The van der Waals surface area contributed by atoms with Crippen molar-refractivity contribution < 1.29 is 8.42 Å². The minimum Gasteiger partial charge on any atom is -0.217 e. The number of hydrogen-bond donors (Lipinski definition) is 0. The highest BCUT2D eigenvalue weighted by Gasteiger charge is 2.09. The average molecular weight is 215 g/mol. The first-order valence-corrected chi connectivity index (χ1v) is 6.37. The van der Waals surface area contributed by atoms with Gasteiger partial charge < -0.3 is 0 Å². The molecule has 0 aromatic rings. The first-order valence-electron chi connectivity index (χ1n) is 2.88. The highest BCUT2D eigenvalue weighted by molar-refractivity contribution is 9.47. The summed E-state index contributed by atoms with van der Waals surface area (Å²) in [5.74, 6) is 0.498. The molecule has 0 spiro atoms. The summed E-state index contributed by atoms with van der Waals surface area (Å²) in [4.78, 5) is 0. The fourth-order valence-corrected chi connectivity index (χ4v) is 2.73. The van der Waals surface area contributed by atoms with Crippen molar-refractivity contribution in [2.24, 2.45) is 5.92 Å². The van der Waals surface area contributed by atoms with Crippen molar-refractivity contribution in [3.8, 4) is 0 Å². The summed E-state index contributed by atoms with van der Waals surface area (Å²) in [6.07, 6.45) is 0.908. The van der Waals surface area contributed by atoms with Gasteiger partial charge in [-0.15, -0.1) is 0 Å². The van der Waals surface area contributed by atoms with Gasteiger partial charge in [0.2, 0.25) is 8.27 Å². The van der Waals surface area contributed by atoms with Gasteiger partial charge in [0.05, 0.1) is 20.6 Å². The molecule has 0 fully saturated rings. The standard InChI is InChI=1S/C5H11BrO2S/c1-3-5(2)4-9(6,7)8/h5H,3-4H2,1-2H3. The van der Waals surface area contributed by atoms with Crippen molar-refractivity contribution >= 4 is 23.1 Å². The normalized spacial score (nSPS) is 15.4. The van der Waals surface area contributed by atoms with E-state index in [9.17, 15) is 8.42 Å². The van der Waals surface area contributed by atoms with E-state index in [1.807, 2.05) is 13.8 Å². The predicted octanol–water partition coefficient (Wildman–Crippen LogP) is 1.76. The molecule has 2 nitrogen and oxygen atoms in total. The van der Waals surface area contributed by atoms with Crippen LogP contribution in [0.5, 0.6) is 0 Å². The van der Waals surface area contributed by atoms with Crippen molar-refractivity contribution in [2.75, 3.05) is 5.75 Å². The average Bonchev–Trinajstić information content (AvgIpc) is 1.62. The lowest BCUT2D eigenvalue weighted by Gasteiger charge is -2.02. The minimum atomic E-state index is -2.92. The molecule has 0 N–H and O–H groups in total. The fraction of sp³-hybridized carbons (Fsp3) is 1.00. The fourth-order valence-electron chi connectivity index (χ4n) is 0.458. The van der Waals surface area contributed by atoms with Gasteiger partial charge in [0, 0.05) is 0 Å². The second-order valence-corrected chi connectivity index (χ2v) is 6.59. The summed E-state index contributed by atoms with van der Waals surface area (Å²) in [5.41, 5.74) is 0. The van der Waals surface area contributed by atoms with Crippen LogP contribution in [0, 0.1) is 5.92 Å². The van der Waals surface area contributed by atoms with Crippen LogP contribution in [0.3, 0.4) is 0 Å². The molecule has 1 atom stereocenters. The Morgan fingerprint density at radius 2 is 2.00 bits per heavy atom. The smallest absolute Gasteiger partial charge is 0.209 e. The van der Waals surface area contributed by atoms with E-state index < -0.39 is 8.27 Å². The molecule has 0 heterocycles. The van der Waals surface area contributed by atoms with Crippen LogP contribution < -0.4 is 0 Å². The summed E-state index contributed by atoms with van der Waals surface area (Å²) < 4.78 is 21.0. The van der Waals surface area contributed by atoms with Crippen molar-refractivity contribution in [2.45, 2.75) is 20.3 Å². The molecule has 0 aromatic heterocycles. The lowest BCUT2D eigenvalue weighted by molar-refractivity contribution is 0.577. The summed E-state index contributed by atoms with van der Waals surface area (Å²) in [6, 6.07) is 0. The number of hydrogen-bond acceptors (Lipinski definition) is 2. The van der Waals surface area contributed by atoms with E-state index in [0.29, 0.717) is 0 Å². The SMILES string of the molecule is CCC(C)CS(=O)(=O)Br. The van der Waals surface area contributed by atoms with Gasteiger partial charge >= 0.3 is 0 Å². The Morgan fingerprint density at radius 1 is 1.56 bits per heavy atom. The topological polar surface area (TPSA) is 34.1 Å². The lowest BCUT2D eigenvalue weighted by Crippen LogP contribution is -2.06. The molecule has 9 heavy (non-hydrogen) atoms. The molecule has 0 aliphatic heterocycles. The zero-order valence-electron chi connectivity index (χ0n) is 5.59. The van der Waals surface area contributed by atoms with Crippen LogP contribution >= 0.6 is 14.8 Å². The zero-order valence-corrected chi connectivity index (χ0v) is 8.00. The molecule has 56 valence electrons. The Morgan fingerprint density at radius 3 is 2.11 bits per heavy atom. The Bertz CT molecular complexity index is 162. The van der Waals surface area contributed by atoms with Crippen LogP contribution in [0.4, 0.5) is 0 Å². The first-order chi connectivity index (χ1) is 3.95. The van der Waals surface area contributed by atoms with Gasteiger partial charge in [-0.05, 0) is 5.92 Å². The molecule has 0 saturated heterocycles. The summed E-state index contributed by atoms with van der Waals surface area (Å²) in [6.45, 7) is 3.89. The van der Waals surface area contributed by atoms with Gasteiger partial charge in [-0.3, -0.25) is 0 Å². The summed E-state index contributed by atoms with van der Waals surface area (Å²) >= 11 is 2.59. The van der Waals surface area contributed by atoms with Gasteiger partial charge in [0.15, 0.2) is 0 Å². The molecule has 0 saturated carbocycles. The Kier molecular flexibility index (Phi) is 3.73. The van der Waals surface area contributed by atoms with Crippen LogP contribution in [-0.4, -0.2) is 14.2 Å². The van der Waals surface area contributed by atoms with Crippen molar-refractivity contribution in [3.05, 3.63) is 0 Å². The van der Waals surface area contributed by atoms with Gasteiger partial charge in [0.1, 0.15) is 0 Å². The quantitative estimate of drug-likeness (QED) is 0.672. The Balaban J connectivity index is 3.75. The Labute approximate surface area is 63.8 Å². The number of halogens is 1. The van der Waals surface area contributed by atoms with Crippen LogP contribution in [0.2, 0.25) is 0 Å². The Hall–Kier alpha value is 0.430. The maximum absolute atomic E-state index is 10.5. The van der Waals surface area contributed by atoms with Crippen molar-refractivity contribution in [1.29, 1.82) is 0 Å². The first kappa shape index (κ1) is 9.43. The molecule has 0 aliphatic rings. The second kappa shape index (κ2) is 3.56. The third-order valence-corrected chi connectivity index (χ3v) is 2.94. The third-order valence-electron chi connectivity index (χ3n) is 1.18. The van der Waals surface area contributed by atoms with E-state index in [1.54, 1.807) is 0 Å². The molecule has 4 heteroatoms. The molecule has 1 unspecified atom stereocenters. The molecular weight excluding hydrogens is 204 g/mol. The number of rotatable bonds is 3. The highest BCUT2D eigenvalue weighted by atomic mass is 79.9. The molecule has 0 amide bonds. The van der Waals surface area contributed by atoms with E-state index in [-0.39, 0.29) is 11.7 Å². The van der Waals surface area contributed by atoms with Crippen LogP contribution in [-0.2, 0) is 8.27 Å². The zero-order chi connectivity index (χ0) is 7.49. The van der Waals surface area contributed by atoms with E-state index in [2.05, 4.69) is 14.8 Å². The van der Waals surface area contributed by atoms with Crippen molar-refractivity contribution in [1.82, 2.24) is 0 Å². The van der Waals surface area contributed by atoms with Gasteiger partial charge in [0.25, 0.3) is 0 Å². The molecule has 0 bridgehead atoms. The maximum atomic E-state index is 10.5. The maximum Gasteiger partial charge on any atom is 0.209 e. The molecule has 0 aromatic carbocycles. The van der Waals surface area contributed by atoms with E-state index >= 15 is 0 Å². The monoisotopic (exact) mass is 214 g/mol. The van der Waals surface area contributed by atoms with Gasteiger partial charge in [-0.1, -0.05) is 20.3 Å². The largest absolute Gasteiger partial charge is 0.217 e. The lowest BCUT2D eigenvalue weighted by atomic mass is 10.2. The predicted molar refractivity (Wildman–Crippen MR) is 42.2 cm³/mol. The van der Waals surface area contributed by atoms with Gasteiger partial charge in [-0.2, -0.15) is 0 Å². The summed E-state index contributed by atoms with van der Waals surface area (Å²) in [5, 5.41) is 0. The highest BCUT2D eigenvalue weighted by Crippen LogP contribution is 2.09. The van der Waals surface area contributed by atoms with E-state index in [4.69, 9.17) is 0 Å². The van der Waals surface area contributed by atoms with Crippen molar-refractivity contribution in [3.63, 3.8) is 0 Å². The van der Waals surface area contributed by atoms with Crippen LogP contribution in [0.15, 0.2) is 0 Å². The van der Waals surface area contributed by atoms with E-state index in [1.165, 1.54) is 0 Å². The molecule has 0 rings (SSSR count). The van der Waals surface area contributed by atoms with Crippen LogP contribution in [0.25, 0.3) is 0 Å². The van der Waals surface area contributed by atoms with Crippen LogP contribution in [0.1, 0.15) is 20.3 Å². The third kappa shape index (κ3) is 6.31. The molecule has 0 radical (unpaired) electrons. The summed E-state index contributed by atoms with van der Waals surface area (Å²) in [7, 11) is -2.92. The van der Waals surface area contributed by atoms with Gasteiger partial charge in [-0.25, -0.2) is 8.42 Å². The molecular formula is C5H11BrO2S.